The van der Waals surface area contributed by atoms with E-state index in [0.29, 0.717) is 5.69 Å². The minimum absolute atomic E-state index is 0.0196. The van der Waals surface area contributed by atoms with Crippen molar-refractivity contribution in [2.75, 3.05) is 25.1 Å². The van der Waals surface area contributed by atoms with Crippen LogP contribution < -0.4 is 5.32 Å². The molecule has 0 heterocycles. The van der Waals surface area contributed by atoms with E-state index in [1.54, 1.807) is 39.0 Å². The zero-order chi connectivity index (χ0) is 23.1. The van der Waals surface area contributed by atoms with Gasteiger partial charge >= 0.3 is 18.1 Å². The summed E-state index contributed by atoms with van der Waals surface area (Å²) in [5.74, 6) is -1.22. The summed E-state index contributed by atoms with van der Waals surface area (Å²) in [4.78, 5) is 23.9. The average molecular weight is 439 g/mol. The summed E-state index contributed by atoms with van der Waals surface area (Å²) in [6.07, 6.45) is -4.48. The first-order valence-electron chi connectivity index (χ1n) is 9.46. The molecule has 2 aromatic rings. The molecule has 0 radical (unpaired) electrons. The highest BCUT2D eigenvalue weighted by Gasteiger charge is 2.30. The highest BCUT2D eigenvalue weighted by molar-refractivity contribution is 5.96. The number of esters is 2. The van der Waals surface area contributed by atoms with Crippen LogP contribution in [-0.2, 0) is 25.2 Å². The Labute approximate surface area is 178 Å². The Bertz CT molecular complexity index is 907. The van der Waals surface area contributed by atoms with E-state index in [1.165, 1.54) is 18.2 Å². The van der Waals surface area contributed by atoms with Crippen molar-refractivity contribution in [1.29, 1.82) is 0 Å². The predicted octanol–water partition coefficient (Wildman–Crippen LogP) is 4.96. The van der Waals surface area contributed by atoms with Gasteiger partial charge in [-0.3, -0.25) is 0 Å². The number of ether oxygens (including phenoxy) is 3. The van der Waals surface area contributed by atoms with Gasteiger partial charge in [0.05, 0.1) is 23.4 Å². The molecule has 0 saturated carbocycles. The van der Waals surface area contributed by atoms with Crippen molar-refractivity contribution in [2.45, 2.75) is 32.5 Å². The minimum Gasteiger partial charge on any atom is -0.460 e. The van der Waals surface area contributed by atoms with Crippen molar-refractivity contribution in [3.63, 3.8) is 0 Å². The molecule has 2 rings (SSSR count). The Morgan fingerprint density at radius 1 is 0.968 bits per heavy atom. The normalized spacial score (nSPS) is 11.7. The molecule has 0 unspecified atom stereocenters. The van der Waals surface area contributed by atoms with E-state index in [2.05, 4.69) is 5.32 Å². The van der Waals surface area contributed by atoms with Crippen LogP contribution in [0.3, 0.4) is 0 Å². The molecule has 0 amide bonds. The van der Waals surface area contributed by atoms with Gasteiger partial charge in [-0.25, -0.2) is 9.59 Å². The molecule has 0 fully saturated rings. The fourth-order valence-corrected chi connectivity index (χ4v) is 2.50. The fraction of sp³-hybridized carbons (Fsp3) is 0.364. The molecule has 9 heteroatoms. The lowest BCUT2D eigenvalue weighted by atomic mass is 10.1. The quantitative estimate of drug-likeness (QED) is 0.463. The fourth-order valence-electron chi connectivity index (χ4n) is 2.50. The molecule has 31 heavy (non-hydrogen) atoms. The smallest absolute Gasteiger partial charge is 0.416 e. The number of nitrogens with one attached hydrogen (secondary N) is 1. The number of benzene rings is 2. The van der Waals surface area contributed by atoms with Gasteiger partial charge < -0.3 is 19.5 Å². The number of halogens is 3. The molecule has 2 aromatic carbocycles. The second kappa shape index (κ2) is 10.3. The minimum atomic E-state index is -4.48. The lowest BCUT2D eigenvalue weighted by Crippen LogP contribution is -2.27. The summed E-state index contributed by atoms with van der Waals surface area (Å²) in [7, 11) is 0. The van der Waals surface area contributed by atoms with Crippen LogP contribution in [0.5, 0.6) is 0 Å². The molecule has 0 saturated heterocycles. The number of para-hydroxylation sites is 1. The second-order valence-corrected chi connectivity index (χ2v) is 7.52. The third kappa shape index (κ3) is 8.29. The van der Waals surface area contributed by atoms with Crippen LogP contribution in [0.1, 0.15) is 36.7 Å². The maximum atomic E-state index is 12.9. The number of hydrogen-bond acceptors (Lipinski definition) is 6. The molecule has 0 bridgehead atoms. The molecule has 0 aliphatic heterocycles. The maximum absolute atomic E-state index is 12.9. The summed E-state index contributed by atoms with van der Waals surface area (Å²) in [5.41, 5.74) is -0.813. The SMILES string of the molecule is CC(C)(C)OC(=O)COCCOC(=O)c1ccccc1Nc1cccc(C(F)(F)F)c1. The monoisotopic (exact) mass is 439 g/mol. The van der Waals surface area contributed by atoms with E-state index in [0.717, 1.165) is 12.1 Å². The van der Waals surface area contributed by atoms with Crippen molar-refractivity contribution in [3.05, 3.63) is 59.7 Å². The van der Waals surface area contributed by atoms with Gasteiger partial charge in [-0.1, -0.05) is 18.2 Å². The number of rotatable bonds is 8. The van der Waals surface area contributed by atoms with Gasteiger partial charge in [-0.2, -0.15) is 13.2 Å². The van der Waals surface area contributed by atoms with Gasteiger partial charge in [-0.15, -0.1) is 0 Å². The Morgan fingerprint density at radius 3 is 2.35 bits per heavy atom. The summed E-state index contributed by atoms with van der Waals surface area (Å²) in [5, 5.41) is 2.81. The molecule has 0 aromatic heterocycles. The summed E-state index contributed by atoms with van der Waals surface area (Å²) in [6, 6.07) is 10.9. The number of anilines is 2. The van der Waals surface area contributed by atoms with Gasteiger partial charge in [0.1, 0.15) is 18.8 Å². The van der Waals surface area contributed by atoms with E-state index in [-0.39, 0.29) is 31.1 Å². The molecule has 1 N–H and O–H groups in total. The van der Waals surface area contributed by atoms with Gasteiger partial charge in [-0.05, 0) is 51.1 Å². The molecule has 0 aliphatic carbocycles. The molecule has 0 aliphatic rings. The summed E-state index contributed by atoms with van der Waals surface area (Å²) in [6.45, 7) is 4.79. The second-order valence-electron chi connectivity index (χ2n) is 7.52. The third-order valence-corrected chi connectivity index (χ3v) is 3.72. The summed E-state index contributed by atoms with van der Waals surface area (Å²) >= 11 is 0. The van der Waals surface area contributed by atoms with Crippen LogP contribution in [0.4, 0.5) is 24.5 Å². The molecule has 0 spiro atoms. The van der Waals surface area contributed by atoms with Crippen molar-refractivity contribution in [3.8, 4) is 0 Å². The lowest BCUT2D eigenvalue weighted by Gasteiger charge is -2.19. The first kappa shape index (κ1) is 24.2. The van der Waals surface area contributed by atoms with E-state index < -0.39 is 29.3 Å². The first-order valence-corrected chi connectivity index (χ1v) is 9.46. The molecule has 168 valence electrons. The van der Waals surface area contributed by atoms with E-state index in [4.69, 9.17) is 14.2 Å². The third-order valence-electron chi connectivity index (χ3n) is 3.72. The Morgan fingerprint density at radius 2 is 1.68 bits per heavy atom. The van der Waals surface area contributed by atoms with Crippen molar-refractivity contribution in [2.24, 2.45) is 0 Å². The molecule has 6 nitrogen and oxygen atoms in total. The van der Waals surface area contributed by atoms with Crippen molar-refractivity contribution in [1.82, 2.24) is 0 Å². The van der Waals surface area contributed by atoms with Gasteiger partial charge in [0.25, 0.3) is 0 Å². The molecule has 0 atom stereocenters. The number of alkyl halides is 3. The number of carbonyl (C=O) groups excluding carboxylic acids is 2. The van der Waals surface area contributed by atoms with Crippen LogP contribution in [0.15, 0.2) is 48.5 Å². The van der Waals surface area contributed by atoms with Crippen LogP contribution >= 0.6 is 0 Å². The van der Waals surface area contributed by atoms with Crippen molar-refractivity contribution < 1.29 is 37.0 Å². The highest BCUT2D eigenvalue weighted by atomic mass is 19.4. The van der Waals surface area contributed by atoms with Gasteiger partial charge in [0.15, 0.2) is 0 Å². The average Bonchev–Trinajstić information content (AvgIpc) is 2.66. The zero-order valence-electron chi connectivity index (χ0n) is 17.4. The Kier molecular flexibility index (Phi) is 8.04. The Hall–Kier alpha value is -3.07. The van der Waals surface area contributed by atoms with Crippen LogP contribution in [0, 0.1) is 0 Å². The lowest BCUT2D eigenvalue weighted by molar-refractivity contribution is -0.160. The predicted molar refractivity (Wildman–Crippen MR) is 108 cm³/mol. The van der Waals surface area contributed by atoms with Crippen LogP contribution in [0.25, 0.3) is 0 Å². The molecular formula is C22H24F3NO5. The van der Waals surface area contributed by atoms with Gasteiger partial charge in [0, 0.05) is 5.69 Å². The van der Waals surface area contributed by atoms with Crippen LogP contribution in [0.2, 0.25) is 0 Å². The first-order chi connectivity index (χ1) is 14.5. The van der Waals surface area contributed by atoms with E-state index >= 15 is 0 Å². The standard InChI is InChI=1S/C22H24F3NO5/c1-21(2,3)31-19(27)14-29-11-12-30-20(28)17-9-4-5-10-18(17)26-16-8-6-7-15(13-16)22(23,24)25/h4-10,13,26H,11-12,14H2,1-3H3. The van der Waals surface area contributed by atoms with Gasteiger partial charge in [0.2, 0.25) is 0 Å². The maximum Gasteiger partial charge on any atom is 0.416 e. The topological polar surface area (TPSA) is 73.9 Å². The van der Waals surface area contributed by atoms with Crippen molar-refractivity contribution >= 4 is 23.3 Å². The highest BCUT2D eigenvalue weighted by Crippen LogP contribution is 2.32. The molecular weight excluding hydrogens is 415 g/mol. The van der Waals surface area contributed by atoms with E-state index in [1.807, 2.05) is 0 Å². The largest absolute Gasteiger partial charge is 0.460 e. The van der Waals surface area contributed by atoms with E-state index in [9.17, 15) is 22.8 Å². The van der Waals surface area contributed by atoms with Crippen LogP contribution in [-0.4, -0.2) is 37.4 Å². The Balaban J connectivity index is 1.92. The zero-order valence-corrected chi connectivity index (χ0v) is 17.4. The summed E-state index contributed by atoms with van der Waals surface area (Å²) < 4.78 is 54.1. The number of hydrogen-bond donors (Lipinski definition) is 1. The number of carbonyl (C=O) groups is 2.